The van der Waals surface area contributed by atoms with E-state index in [4.69, 9.17) is 0 Å². The summed E-state index contributed by atoms with van der Waals surface area (Å²) in [6.07, 6.45) is 9.74. The summed E-state index contributed by atoms with van der Waals surface area (Å²) in [5.74, 6) is 0. The third-order valence-electron chi connectivity index (χ3n) is 15.1. The molecule has 0 radical (unpaired) electrons. The zero-order chi connectivity index (χ0) is 50.7. The number of rotatable bonds is 4. The van der Waals surface area contributed by atoms with Crippen molar-refractivity contribution in [3.8, 4) is 20.9 Å². The summed E-state index contributed by atoms with van der Waals surface area (Å²) in [7, 11) is 0. The molecule has 0 saturated heterocycles. The van der Waals surface area contributed by atoms with E-state index in [0.717, 1.165) is 0 Å². The Kier molecular flexibility index (Phi) is 12.5. The van der Waals surface area contributed by atoms with E-state index in [0.29, 0.717) is 0 Å². The van der Waals surface area contributed by atoms with Crippen LogP contribution in [0.5, 0.6) is 0 Å². The number of fused-ring (bicyclic) bond motifs is 4. The fraction of sp³-hybridized carbons (Fsp3) is 0.364. The Hall–Kier alpha value is -4.89. The number of hydrogen-bond donors (Lipinski definition) is 0. The van der Waals surface area contributed by atoms with Crippen LogP contribution in [0.25, 0.3) is 45.2 Å². The van der Waals surface area contributed by atoms with Gasteiger partial charge in [-0.25, -0.2) is 0 Å². The van der Waals surface area contributed by atoms with E-state index in [2.05, 4.69) is 257 Å². The summed E-state index contributed by atoms with van der Waals surface area (Å²) >= 11 is 3.64. The van der Waals surface area contributed by atoms with E-state index < -0.39 is 0 Å². The van der Waals surface area contributed by atoms with Crippen LogP contribution >= 0.6 is 22.7 Å². The van der Waals surface area contributed by atoms with Gasteiger partial charge in [0.15, 0.2) is 0 Å². The Bertz CT molecular complexity index is 2900. The van der Waals surface area contributed by atoms with E-state index in [1.165, 1.54) is 109 Å². The third kappa shape index (κ3) is 9.38. The Morgan fingerprint density at radius 1 is 0.314 bits per heavy atom. The molecule has 5 aromatic carbocycles. The van der Waals surface area contributed by atoms with Gasteiger partial charge in [-0.2, -0.15) is 0 Å². The summed E-state index contributed by atoms with van der Waals surface area (Å²) in [6.45, 7) is 43.4. The summed E-state index contributed by atoms with van der Waals surface area (Å²) in [6, 6.07) is 39.1. The van der Waals surface area contributed by atoms with Crippen molar-refractivity contribution in [2.24, 2.45) is 0 Å². The standard InChI is InChI=1S/C66H76B2S2/c1-61(2,3)47-36-49(63(7,8)9)59(50(37-47)64(10,11)12)67-53-29-27-45(57-21-19-31-69-57)34-41(53)23-25-43-33-44-26-24-42-35-46(58-22-20-32-70-58)28-30-54(42)68(56(44)40-55(43)67)60-51(65(13,14)15)38-48(62(4,5)6)39-52(60)66(16,17)18/h19-40H,1-18H3. The van der Waals surface area contributed by atoms with Crippen LogP contribution in [0.2, 0.25) is 0 Å². The molecule has 2 aliphatic rings. The lowest BCUT2D eigenvalue weighted by molar-refractivity contribution is 0.552. The van der Waals surface area contributed by atoms with Crippen molar-refractivity contribution < 1.29 is 0 Å². The average Bonchev–Trinajstić information content (AvgIpc) is 3.95. The van der Waals surface area contributed by atoms with Crippen molar-refractivity contribution in [2.75, 3.05) is 0 Å². The zero-order valence-electron chi connectivity index (χ0n) is 45.7. The van der Waals surface area contributed by atoms with Gasteiger partial charge in [0.2, 0.25) is 13.4 Å². The van der Waals surface area contributed by atoms with Crippen LogP contribution in [-0.2, 0) is 32.5 Å². The molecule has 0 amide bonds. The molecule has 70 heavy (non-hydrogen) atoms. The van der Waals surface area contributed by atoms with Gasteiger partial charge in [-0.05, 0) is 140 Å². The van der Waals surface area contributed by atoms with Gasteiger partial charge < -0.3 is 0 Å². The molecule has 0 saturated carbocycles. The first-order valence-corrected chi connectivity index (χ1v) is 27.5. The minimum absolute atomic E-state index is 0.0132. The quantitative estimate of drug-likeness (QED) is 0.154. The molecule has 2 aliphatic heterocycles. The van der Waals surface area contributed by atoms with E-state index in [1.807, 2.05) is 22.7 Å². The number of thiophene rings is 2. The van der Waals surface area contributed by atoms with Crippen LogP contribution in [0.15, 0.2) is 108 Å². The molecule has 0 aliphatic carbocycles. The lowest BCUT2D eigenvalue weighted by atomic mass is 9.30. The molecule has 7 aromatic rings. The molecular formula is C66H76B2S2. The molecule has 0 atom stereocenters. The predicted octanol–water partition coefficient (Wildman–Crippen LogP) is 14.9. The highest BCUT2D eigenvalue weighted by Crippen LogP contribution is 2.38. The molecule has 9 rings (SSSR count). The van der Waals surface area contributed by atoms with Crippen LogP contribution in [0.3, 0.4) is 0 Å². The molecule has 2 aromatic heterocycles. The predicted molar refractivity (Wildman–Crippen MR) is 318 cm³/mol. The molecular weight excluding hydrogens is 878 g/mol. The second-order valence-corrected chi connectivity index (χ2v) is 28.7. The van der Waals surface area contributed by atoms with Crippen LogP contribution < -0.4 is 32.8 Å². The first kappa shape index (κ1) is 50.1. The van der Waals surface area contributed by atoms with Crippen molar-refractivity contribution in [2.45, 2.75) is 157 Å². The summed E-state index contributed by atoms with van der Waals surface area (Å²) in [5, 5.41) is 4.39. The SMILES string of the molecule is CC(C)(C)c1cc(C(C)(C)C)c(B2c3ccc(-c4cccs4)cc3C=Cc3cc4c(cc32)B(c2c(C(C)(C)C)cc(C(C)(C)C)cc2C(C)(C)C)c2ccc(-c3cccs3)cc2C=C4)c(C(C)(C)C)c1. The molecule has 0 unspecified atom stereocenters. The maximum atomic E-state index is 2.70. The van der Waals surface area contributed by atoms with Crippen LogP contribution in [0.1, 0.15) is 180 Å². The molecule has 0 fully saturated rings. The van der Waals surface area contributed by atoms with Crippen molar-refractivity contribution in [1.29, 1.82) is 0 Å². The lowest BCUT2D eigenvalue weighted by Crippen LogP contribution is -2.61. The lowest BCUT2D eigenvalue weighted by Gasteiger charge is -2.37. The van der Waals surface area contributed by atoms with Crippen LogP contribution in [0.4, 0.5) is 0 Å². The van der Waals surface area contributed by atoms with Gasteiger partial charge >= 0.3 is 0 Å². The molecule has 0 nitrogen and oxygen atoms in total. The third-order valence-corrected chi connectivity index (χ3v) is 16.9. The van der Waals surface area contributed by atoms with Gasteiger partial charge in [-0.15, -0.1) is 22.7 Å². The molecule has 4 heteroatoms. The number of hydrogen-bond acceptors (Lipinski definition) is 2. The van der Waals surface area contributed by atoms with Gasteiger partial charge in [0.05, 0.1) is 0 Å². The first-order chi connectivity index (χ1) is 32.5. The van der Waals surface area contributed by atoms with Gasteiger partial charge in [0.25, 0.3) is 0 Å². The zero-order valence-corrected chi connectivity index (χ0v) is 47.3. The fourth-order valence-corrected chi connectivity index (χ4v) is 12.7. The van der Waals surface area contributed by atoms with Gasteiger partial charge in [-0.3, -0.25) is 0 Å². The Balaban J connectivity index is 1.44. The van der Waals surface area contributed by atoms with Gasteiger partial charge in [0, 0.05) is 9.75 Å². The Labute approximate surface area is 432 Å². The van der Waals surface area contributed by atoms with Gasteiger partial charge in [-0.1, -0.05) is 248 Å². The average molecular weight is 955 g/mol. The van der Waals surface area contributed by atoms with E-state index in [9.17, 15) is 0 Å². The molecule has 0 bridgehead atoms. The second kappa shape index (κ2) is 17.4. The van der Waals surface area contributed by atoms with E-state index in [1.54, 1.807) is 0 Å². The van der Waals surface area contributed by atoms with E-state index in [-0.39, 0.29) is 45.9 Å². The smallest absolute Gasteiger partial charge is 0.144 e. The van der Waals surface area contributed by atoms with Crippen molar-refractivity contribution in [3.05, 3.63) is 163 Å². The molecule has 0 N–H and O–H groups in total. The van der Waals surface area contributed by atoms with Gasteiger partial charge in [0.1, 0.15) is 0 Å². The Morgan fingerprint density at radius 2 is 0.629 bits per heavy atom. The largest absolute Gasteiger partial charge is 0.243 e. The summed E-state index contributed by atoms with van der Waals surface area (Å²) < 4.78 is 0. The normalized spacial score (nSPS) is 14.3. The minimum Gasteiger partial charge on any atom is -0.144 e. The highest BCUT2D eigenvalue weighted by atomic mass is 32.1. The number of benzene rings is 5. The van der Waals surface area contributed by atoms with Crippen LogP contribution in [-0.4, -0.2) is 13.4 Å². The highest BCUT2D eigenvalue weighted by molar-refractivity contribution is 7.13. The maximum absolute atomic E-state index is 2.70. The second-order valence-electron chi connectivity index (χ2n) is 26.8. The molecule has 4 heterocycles. The Morgan fingerprint density at radius 3 is 0.900 bits per heavy atom. The molecule has 0 spiro atoms. The topological polar surface area (TPSA) is 0 Å². The molecule has 358 valence electrons. The highest BCUT2D eigenvalue weighted by Gasteiger charge is 2.42. The minimum atomic E-state index is -0.123. The van der Waals surface area contributed by atoms with E-state index >= 15 is 0 Å². The first-order valence-electron chi connectivity index (χ1n) is 25.8. The van der Waals surface area contributed by atoms with Crippen LogP contribution in [0, 0.1) is 0 Å². The fourth-order valence-electron chi connectivity index (χ4n) is 11.2. The van der Waals surface area contributed by atoms with Crippen molar-refractivity contribution in [1.82, 2.24) is 0 Å². The summed E-state index contributed by atoms with van der Waals surface area (Å²) in [5.41, 5.74) is 24.2. The van der Waals surface area contributed by atoms with Crippen molar-refractivity contribution in [3.63, 3.8) is 0 Å². The summed E-state index contributed by atoms with van der Waals surface area (Å²) in [4.78, 5) is 2.61. The maximum Gasteiger partial charge on any atom is 0.243 e. The monoisotopic (exact) mass is 955 g/mol. The van der Waals surface area contributed by atoms with Crippen molar-refractivity contribution >= 4 is 93.2 Å².